The fourth-order valence-corrected chi connectivity index (χ4v) is 2.40. The Labute approximate surface area is 106 Å². The maximum atomic E-state index is 11.4. The van der Waals surface area contributed by atoms with Crippen LogP contribution in [0.2, 0.25) is 0 Å². The molecule has 1 aromatic carbocycles. The Balaban J connectivity index is 1.81. The molecule has 5 heteroatoms. The van der Waals surface area contributed by atoms with Crippen molar-refractivity contribution in [2.24, 2.45) is 0 Å². The average Bonchev–Trinajstić information content (AvgIpc) is 2.41. The number of fused-ring (bicyclic) bond motifs is 1. The van der Waals surface area contributed by atoms with Crippen molar-refractivity contribution in [3.8, 4) is 5.75 Å². The summed E-state index contributed by atoms with van der Waals surface area (Å²) in [6.07, 6.45) is 0. The van der Waals surface area contributed by atoms with Crippen LogP contribution in [-0.4, -0.2) is 43.6 Å². The molecule has 0 spiro atoms. The Hall–Kier alpha value is -1.59. The maximum Gasteiger partial charge on any atom is 0.262 e. The predicted molar refractivity (Wildman–Crippen MR) is 68.7 cm³/mol. The molecule has 0 radical (unpaired) electrons. The number of para-hydroxylation sites is 1. The van der Waals surface area contributed by atoms with Crippen LogP contribution in [0.5, 0.6) is 5.75 Å². The van der Waals surface area contributed by atoms with Gasteiger partial charge >= 0.3 is 0 Å². The van der Waals surface area contributed by atoms with E-state index in [1.807, 2.05) is 12.1 Å². The van der Waals surface area contributed by atoms with Gasteiger partial charge in [0.05, 0.1) is 5.69 Å². The van der Waals surface area contributed by atoms with Crippen LogP contribution < -0.4 is 15.4 Å². The van der Waals surface area contributed by atoms with E-state index in [2.05, 4.69) is 21.6 Å². The van der Waals surface area contributed by atoms with Crippen molar-refractivity contribution in [3.05, 3.63) is 23.8 Å². The second-order valence-corrected chi connectivity index (χ2v) is 4.65. The molecule has 96 valence electrons. The van der Waals surface area contributed by atoms with E-state index in [-0.39, 0.29) is 12.5 Å². The molecule has 0 bridgehead atoms. The highest BCUT2D eigenvalue weighted by molar-refractivity contribution is 5.96. The molecule has 3 rings (SSSR count). The first-order valence-electron chi connectivity index (χ1n) is 6.30. The lowest BCUT2D eigenvalue weighted by Crippen LogP contribution is -2.43. The molecule has 5 nitrogen and oxygen atoms in total. The van der Waals surface area contributed by atoms with Crippen molar-refractivity contribution in [1.29, 1.82) is 0 Å². The van der Waals surface area contributed by atoms with Crippen molar-refractivity contribution in [3.63, 3.8) is 0 Å². The smallest absolute Gasteiger partial charge is 0.262 e. The fourth-order valence-electron chi connectivity index (χ4n) is 2.40. The van der Waals surface area contributed by atoms with E-state index in [1.165, 1.54) is 0 Å². The van der Waals surface area contributed by atoms with Gasteiger partial charge in [-0.05, 0) is 11.6 Å². The Morgan fingerprint density at radius 3 is 2.94 bits per heavy atom. The lowest BCUT2D eigenvalue weighted by atomic mass is 10.1. The van der Waals surface area contributed by atoms with Crippen LogP contribution in [0.3, 0.4) is 0 Å². The van der Waals surface area contributed by atoms with Gasteiger partial charge in [0.1, 0.15) is 5.75 Å². The first-order valence-corrected chi connectivity index (χ1v) is 6.30. The third-order valence-corrected chi connectivity index (χ3v) is 3.34. The molecule has 2 aliphatic rings. The Kier molecular flexibility index (Phi) is 3.17. The largest absolute Gasteiger partial charge is 0.482 e. The van der Waals surface area contributed by atoms with Crippen molar-refractivity contribution in [2.75, 3.05) is 38.1 Å². The van der Waals surface area contributed by atoms with Crippen molar-refractivity contribution in [2.45, 2.75) is 6.54 Å². The van der Waals surface area contributed by atoms with Crippen molar-refractivity contribution in [1.82, 2.24) is 10.2 Å². The normalized spacial score (nSPS) is 19.9. The molecular weight excluding hydrogens is 230 g/mol. The van der Waals surface area contributed by atoms with Gasteiger partial charge in [-0.2, -0.15) is 0 Å². The van der Waals surface area contributed by atoms with Crippen LogP contribution in [-0.2, 0) is 11.3 Å². The van der Waals surface area contributed by atoms with Crippen molar-refractivity contribution >= 4 is 11.6 Å². The molecule has 0 saturated carbocycles. The number of hydrogen-bond acceptors (Lipinski definition) is 4. The zero-order valence-corrected chi connectivity index (χ0v) is 10.2. The van der Waals surface area contributed by atoms with Gasteiger partial charge in [-0.15, -0.1) is 0 Å². The molecular formula is C13H17N3O2. The SMILES string of the molecule is O=C1COc2cccc(CN3CCNCC3)c2N1. The van der Waals surface area contributed by atoms with E-state index in [9.17, 15) is 4.79 Å². The number of rotatable bonds is 2. The summed E-state index contributed by atoms with van der Waals surface area (Å²) in [6, 6.07) is 5.93. The van der Waals surface area contributed by atoms with Crippen LogP contribution in [0, 0.1) is 0 Å². The molecule has 1 aromatic rings. The minimum Gasteiger partial charge on any atom is -0.482 e. The Morgan fingerprint density at radius 1 is 1.28 bits per heavy atom. The molecule has 1 saturated heterocycles. The summed E-state index contributed by atoms with van der Waals surface area (Å²) in [4.78, 5) is 13.8. The molecule has 0 unspecified atom stereocenters. The molecule has 2 heterocycles. The molecule has 0 aliphatic carbocycles. The molecule has 0 aromatic heterocycles. The van der Waals surface area contributed by atoms with E-state index in [0.29, 0.717) is 0 Å². The first-order chi connectivity index (χ1) is 8.83. The molecule has 1 fully saturated rings. The van der Waals surface area contributed by atoms with Gasteiger partial charge in [-0.3, -0.25) is 9.69 Å². The van der Waals surface area contributed by atoms with Crippen LogP contribution >= 0.6 is 0 Å². The number of nitrogens with one attached hydrogen (secondary N) is 2. The van der Waals surface area contributed by atoms with Gasteiger partial charge in [-0.25, -0.2) is 0 Å². The number of hydrogen-bond donors (Lipinski definition) is 2. The summed E-state index contributed by atoms with van der Waals surface area (Å²) < 4.78 is 5.42. The summed E-state index contributed by atoms with van der Waals surface area (Å²) in [7, 11) is 0. The molecule has 18 heavy (non-hydrogen) atoms. The van der Waals surface area contributed by atoms with Crippen LogP contribution in [0.4, 0.5) is 5.69 Å². The van der Waals surface area contributed by atoms with E-state index < -0.39 is 0 Å². The van der Waals surface area contributed by atoms with Gasteiger partial charge in [-0.1, -0.05) is 12.1 Å². The number of benzene rings is 1. The molecule has 2 N–H and O–H groups in total. The number of ether oxygens (including phenoxy) is 1. The van der Waals surface area contributed by atoms with E-state index in [4.69, 9.17) is 4.74 Å². The van der Waals surface area contributed by atoms with Gasteiger partial charge in [0.2, 0.25) is 0 Å². The minimum atomic E-state index is -0.0738. The minimum absolute atomic E-state index is 0.0738. The summed E-state index contributed by atoms with van der Waals surface area (Å²) >= 11 is 0. The molecule has 2 aliphatic heterocycles. The highest BCUT2D eigenvalue weighted by Gasteiger charge is 2.20. The monoisotopic (exact) mass is 247 g/mol. The third kappa shape index (κ3) is 2.32. The van der Waals surface area contributed by atoms with E-state index in [0.717, 1.165) is 49.7 Å². The Bertz CT molecular complexity index is 456. The highest BCUT2D eigenvalue weighted by atomic mass is 16.5. The first kappa shape index (κ1) is 11.5. The van der Waals surface area contributed by atoms with Crippen LogP contribution in [0.15, 0.2) is 18.2 Å². The average molecular weight is 247 g/mol. The lowest BCUT2D eigenvalue weighted by Gasteiger charge is -2.29. The number of anilines is 1. The second-order valence-electron chi connectivity index (χ2n) is 4.65. The third-order valence-electron chi connectivity index (χ3n) is 3.34. The van der Waals surface area contributed by atoms with E-state index >= 15 is 0 Å². The summed E-state index contributed by atoms with van der Waals surface area (Å²) in [5.74, 6) is 0.706. The quantitative estimate of drug-likeness (QED) is 0.795. The summed E-state index contributed by atoms with van der Waals surface area (Å²) in [6.45, 7) is 5.10. The van der Waals surface area contributed by atoms with Gasteiger partial charge < -0.3 is 15.4 Å². The van der Waals surface area contributed by atoms with E-state index in [1.54, 1.807) is 0 Å². The van der Waals surface area contributed by atoms with Gasteiger partial charge in [0, 0.05) is 32.7 Å². The van der Waals surface area contributed by atoms with Gasteiger partial charge in [0.25, 0.3) is 5.91 Å². The zero-order chi connectivity index (χ0) is 12.4. The lowest BCUT2D eigenvalue weighted by molar-refractivity contribution is -0.118. The summed E-state index contributed by atoms with van der Waals surface area (Å²) in [5.41, 5.74) is 1.97. The maximum absolute atomic E-state index is 11.4. The predicted octanol–water partition coefficient (Wildman–Crippen LogP) is 0.423. The zero-order valence-electron chi connectivity index (χ0n) is 10.2. The molecule has 0 atom stereocenters. The molecule has 1 amide bonds. The topological polar surface area (TPSA) is 53.6 Å². The number of piperazine rings is 1. The van der Waals surface area contributed by atoms with Gasteiger partial charge in [0.15, 0.2) is 6.61 Å². The number of carbonyl (C=O) groups is 1. The fraction of sp³-hybridized carbons (Fsp3) is 0.462. The van der Waals surface area contributed by atoms with Crippen LogP contribution in [0.1, 0.15) is 5.56 Å². The standard InChI is InChI=1S/C13H17N3O2/c17-12-9-18-11-3-1-2-10(13(11)15-12)8-16-6-4-14-5-7-16/h1-3,14H,4-9H2,(H,15,17). The van der Waals surface area contributed by atoms with Crippen LogP contribution in [0.25, 0.3) is 0 Å². The number of nitrogens with zero attached hydrogens (tertiary/aromatic N) is 1. The van der Waals surface area contributed by atoms with Crippen molar-refractivity contribution < 1.29 is 9.53 Å². The second kappa shape index (κ2) is 4.96. The highest BCUT2D eigenvalue weighted by Crippen LogP contribution is 2.31. The number of amides is 1. The Morgan fingerprint density at radius 2 is 2.11 bits per heavy atom. The summed E-state index contributed by atoms with van der Waals surface area (Å²) in [5, 5.41) is 6.25. The number of carbonyl (C=O) groups excluding carboxylic acids is 1.